The standard InChI is InChI=1S/C13H15FN2O3/c1-15(10-6-3-2-5-9(10)14)13(19)16-8-4-7-11(16)12(17)18/h2-3,5-6,11H,4,7-8H2,1H3,(H,17,18)/t11-/m0/s1. The average Bonchev–Trinajstić information content (AvgIpc) is 2.87. The molecular formula is C13H15FN2O3. The number of benzene rings is 1. The predicted octanol–water partition coefficient (Wildman–Crippen LogP) is 1.93. The van der Waals surface area contributed by atoms with Crippen molar-refractivity contribution in [3.8, 4) is 0 Å². The third-order valence-corrected chi connectivity index (χ3v) is 3.28. The van der Waals surface area contributed by atoms with Gasteiger partial charge in [0.05, 0.1) is 5.69 Å². The number of nitrogens with zero attached hydrogens (tertiary/aromatic N) is 2. The fraction of sp³-hybridized carbons (Fsp3) is 0.385. The van der Waals surface area contributed by atoms with Gasteiger partial charge < -0.3 is 10.0 Å². The van der Waals surface area contributed by atoms with Crippen LogP contribution in [0.5, 0.6) is 0 Å². The molecule has 0 bridgehead atoms. The highest BCUT2D eigenvalue weighted by molar-refractivity contribution is 5.94. The summed E-state index contributed by atoms with van der Waals surface area (Å²) in [5, 5.41) is 9.05. The van der Waals surface area contributed by atoms with Crippen LogP contribution >= 0.6 is 0 Å². The van der Waals surface area contributed by atoms with Gasteiger partial charge in [0.1, 0.15) is 11.9 Å². The molecule has 1 heterocycles. The van der Waals surface area contributed by atoms with Crippen molar-refractivity contribution in [2.75, 3.05) is 18.5 Å². The summed E-state index contributed by atoms with van der Waals surface area (Å²) in [5.74, 6) is -1.53. The zero-order chi connectivity index (χ0) is 14.0. The molecule has 1 aromatic carbocycles. The van der Waals surface area contributed by atoms with Gasteiger partial charge in [-0.05, 0) is 25.0 Å². The molecule has 6 heteroatoms. The number of carbonyl (C=O) groups excluding carboxylic acids is 1. The van der Waals surface area contributed by atoms with Crippen LogP contribution < -0.4 is 4.90 Å². The van der Waals surface area contributed by atoms with Crippen molar-refractivity contribution in [2.24, 2.45) is 0 Å². The minimum absolute atomic E-state index is 0.142. The normalized spacial score (nSPS) is 18.4. The first-order chi connectivity index (χ1) is 9.02. The van der Waals surface area contributed by atoms with Gasteiger partial charge in [0.2, 0.25) is 0 Å². The van der Waals surface area contributed by atoms with Crippen LogP contribution in [0.25, 0.3) is 0 Å². The van der Waals surface area contributed by atoms with E-state index < -0.39 is 23.9 Å². The molecular weight excluding hydrogens is 251 g/mol. The minimum Gasteiger partial charge on any atom is -0.480 e. The largest absolute Gasteiger partial charge is 0.480 e. The number of hydrogen-bond donors (Lipinski definition) is 1. The third kappa shape index (κ3) is 2.52. The molecule has 0 unspecified atom stereocenters. The molecule has 1 saturated heterocycles. The van der Waals surface area contributed by atoms with Crippen molar-refractivity contribution in [2.45, 2.75) is 18.9 Å². The van der Waals surface area contributed by atoms with Gasteiger partial charge in [0, 0.05) is 13.6 Å². The lowest BCUT2D eigenvalue weighted by Crippen LogP contribution is -2.47. The summed E-state index contributed by atoms with van der Waals surface area (Å²) in [7, 11) is 1.44. The number of hydrogen-bond acceptors (Lipinski definition) is 2. The van der Waals surface area contributed by atoms with Crippen LogP contribution in [0.3, 0.4) is 0 Å². The maximum absolute atomic E-state index is 13.6. The van der Waals surface area contributed by atoms with E-state index in [1.54, 1.807) is 6.07 Å². The number of carbonyl (C=O) groups is 2. The Labute approximate surface area is 110 Å². The lowest BCUT2D eigenvalue weighted by Gasteiger charge is -2.27. The quantitative estimate of drug-likeness (QED) is 0.889. The molecule has 1 atom stereocenters. The molecule has 2 rings (SSSR count). The van der Waals surface area contributed by atoms with Crippen molar-refractivity contribution in [1.29, 1.82) is 0 Å². The molecule has 0 aromatic heterocycles. The molecule has 0 aliphatic carbocycles. The maximum Gasteiger partial charge on any atom is 0.326 e. The fourth-order valence-corrected chi connectivity index (χ4v) is 2.27. The number of amides is 2. The van der Waals surface area contributed by atoms with Gasteiger partial charge in [0.25, 0.3) is 0 Å². The highest BCUT2D eigenvalue weighted by Crippen LogP contribution is 2.23. The maximum atomic E-state index is 13.6. The summed E-state index contributed by atoms with van der Waals surface area (Å²) in [6, 6.07) is 4.60. The Kier molecular flexibility index (Phi) is 3.69. The van der Waals surface area contributed by atoms with Crippen LogP contribution in [0.4, 0.5) is 14.9 Å². The van der Waals surface area contributed by atoms with Crippen LogP contribution in [0.2, 0.25) is 0 Å². The molecule has 0 spiro atoms. The van der Waals surface area contributed by atoms with E-state index in [0.717, 1.165) is 4.90 Å². The molecule has 1 fully saturated rings. The number of halogens is 1. The van der Waals surface area contributed by atoms with Crippen molar-refractivity contribution in [3.05, 3.63) is 30.1 Å². The van der Waals surface area contributed by atoms with Crippen LogP contribution in [-0.2, 0) is 4.79 Å². The molecule has 2 amide bonds. The minimum atomic E-state index is -1.02. The van der Waals surface area contributed by atoms with Gasteiger partial charge >= 0.3 is 12.0 Å². The van der Waals surface area contributed by atoms with Gasteiger partial charge in [-0.25, -0.2) is 14.0 Å². The molecule has 1 N–H and O–H groups in total. The zero-order valence-electron chi connectivity index (χ0n) is 10.5. The van der Waals surface area contributed by atoms with E-state index in [1.165, 1.54) is 30.1 Å². The van der Waals surface area contributed by atoms with E-state index in [4.69, 9.17) is 5.11 Å². The smallest absolute Gasteiger partial charge is 0.326 e. The van der Waals surface area contributed by atoms with Gasteiger partial charge in [-0.2, -0.15) is 0 Å². The lowest BCUT2D eigenvalue weighted by molar-refractivity contribution is -0.141. The van der Waals surface area contributed by atoms with Gasteiger partial charge in [0.15, 0.2) is 0 Å². The van der Waals surface area contributed by atoms with Crippen LogP contribution in [0.1, 0.15) is 12.8 Å². The molecule has 0 saturated carbocycles. The van der Waals surface area contributed by atoms with Crippen LogP contribution in [0.15, 0.2) is 24.3 Å². The van der Waals surface area contributed by atoms with Gasteiger partial charge in [-0.1, -0.05) is 12.1 Å². The number of rotatable bonds is 2. The van der Waals surface area contributed by atoms with Crippen LogP contribution in [0, 0.1) is 5.82 Å². The summed E-state index contributed by atoms with van der Waals surface area (Å²) in [6.45, 7) is 0.384. The van der Waals surface area contributed by atoms with Gasteiger partial charge in [-0.15, -0.1) is 0 Å². The number of aliphatic carboxylic acids is 1. The number of urea groups is 1. The summed E-state index contributed by atoms with van der Waals surface area (Å²) in [6.07, 6.45) is 1.08. The lowest BCUT2D eigenvalue weighted by atomic mass is 10.2. The second kappa shape index (κ2) is 5.26. The Hall–Kier alpha value is -2.11. The Morgan fingerprint density at radius 1 is 1.42 bits per heavy atom. The second-order valence-corrected chi connectivity index (χ2v) is 4.48. The van der Waals surface area contributed by atoms with Crippen molar-refractivity contribution >= 4 is 17.7 Å². The molecule has 0 radical (unpaired) electrons. The number of likely N-dealkylation sites (tertiary alicyclic amines) is 1. The van der Waals surface area contributed by atoms with E-state index >= 15 is 0 Å². The molecule has 1 aliphatic heterocycles. The van der Waals surface area contributed by atoms with E-state index in [9.17, 15) is 14.0 Å². The Morgan fingerprint density at radius 2 is 2.11 bits per heavy atom. The zero-order valence-corrected chi connectivity index (χ0v) is 10.5. The first-order valence-corrected chi connectivity index (χ1v) is 6.04. The number of para-hydroxylation sites is 1. The first-order valence-electron chi connectivity index (χ1n) is 6.04. The van der Waals surface area contributed by atoms with Crippen LogP contribution in [-0.4, -0.2) is 41.6 Å². The number of anilines is 1. The number of carboxylic acid groups (broad SMARTS) is 1. The van der Waals surface area contributed by atoms with Crippen molar-refractivity contribution < 1.29 is 19.1 Å². The Morgan fingerprint density at radius 3 is 2.74 bits per heavy atom. The molecule has 102 valence electrons. The van der Waals surface area contributed by atoms with E-state index in [2.05, 4.69) is 0 Å². The molecule has 1 aliphatic rings. The summed E-state index contributed by atoms with van der Waals surface area (Å²) >= 11 is 0. The monoisotopic (exact) mass is 266 g/mol. The fourth-order valence-electron chi connectivity index (χ4n) is 2.27. The predicted molar refractivity (Wildman–Crippen MR) is 67.6 cm³/mol. The molecule has 19 heavy (non-hydrogen) atoms. The topological polar surface area (TPSA) is 60.9 Å². The van der Waals surface area contributed by atoms with Gasteiger partial charge in [-0.3, -0.25) is 4.90 Å². The van der Waals surface area contributed by atoms with E-state index in [-0.39, 0.29) is 5.69 Å². The van der Waals surface area contributed by atoms with E-state index in [1.807, 2.05) is 0 Å². The summed E-state index contributed by atoms with van der Waals surface area (Å²) in [4.78, 5) is 25.7. The molecule has 1 aromatic rings. The van der Waals surface area contributed by atoms with Crippen molar-refractivity contribution in [3.63, 3.8) is 0 Å². The second-order valence-electron chi connectivity index (χ2n) is 4.48. The number of carboxylic acids is 1. The Bertz CT molecular complexity index is 506. The van der Waals surface area contributed by atoms with E-state index in [0.29, 0.717) is 19.4 Å². The molecule has 5 nitrogen and oxygen atoms in total. The average molecular weight is 266 g/mol. The first kappa shape index (κ1) is 13.3. The Balaban J connectivity index is 2.20. The van der Waals surface area contributed by atoms with Crippen molar-refractivity contribution in [1.82, 2.24) is 4.90 Å². The SMILES string of the molecule is CN(C(=O)N1CCC[C@H]1C(=O)O)c1ccccc1F. The summed E-state index contributed by atoms with van der Waals surface area (Å²) in [5.41, 5.74) is 0.142. The summed E-state index contributed by atoms with van der Waals surface area (Å²) < 4.78 is 13.6. The highest BCUT2D eigenvalue weighted by atomic mass is 19.1. The third-order valence-electron chi connectivity index (χ3n) is 3.28. The highest BCUT2D eigenvalue weighted by Gasteiger charge is 2.36.